The fourth-order valence-corrected chi connectivity index (χ4v) is 3.06. The Kier molecular flexibility index (Phi) is 4.19. The van der Waals surface area contributed by atoms with Gasteiger partial charge in [0, 0.05) is 18.3 Å². The topological polar surface area (TPSA) is 50.3 Å². The minimum atomic E-state index is -3.55. The van der Waals surface area contributed by atoms with E-state index in [1.807, 2.05) is 6.07 Å². The highest BCUT2D eigenvalue weighted by Gasteiger charge is 2.21. The van der Waals surface area contributed by atoms with Crippen LogP contribution in [0.3, 0.4) is 0 Å². The fraction of sp³-hybridized carbons (Fsp3) is 0.154. The predicted molar refractivity (Wildman–Crippen MR) is 74.3 cm³/mol. The predicted octanol–water partition coefficient (Wildman–Crippen LogP) is 2.56. The second kappa shape index (κ2) is 5.69. The summed E-state index contributed by atoms with van der Waals surface area (Å²) in [7, 11) is -2.03. The number of rotatable bonds is 4. The Balaban J connectivity index is 2.25. The van der Waals surface area contributed by atoms with Crippen molar-refractivity contribution in [3.8, 4) is 0 Å². The van der Waals surface area contributed by atoms with Crippen LogP contribution in [0.2, 0.25) is 5.02 Å². The number of benzene rings is 1. The van der Waals surface area contributed by atoms with Crippen LogP contribution in [0.5, 0.6) is 0 Å². The maximum Gasteiger partial charge on any atom is 0.243 e. The highest BCUT2D eigenvalue weighted by molar-refractivity contribution is 7.89. The molecule has 1 aromatic heterocycles. The van der Waals surface area contributed by atoms with Gasteiger partial charge >= 0.3 is 0 Å². The average molecular weight is 297 g/mol. The summed E-state index contributed by atoms with van der Waals surface area (Å²) < 4.78 is 25.9. The van der Waals surface area contributed by atoms with Gasteiger partial charge in [0.2, 0.25) is 10.0 Å². The second-order valence-electron chi connectivity index (χ2n) is 4.04. The molecule has 0 N–H and O–H groups in total. The molecule has 100 valence electrons. The summed E-state index contributed by atoms with van der Waals surface area (Å²) in [6.07, 6.45) is 1.63. The second-order valence-corrected chi connectivity index (χ2v) is 6.52. The van der Waals surface area contributed by atoms with E-state index >= 15 is 0 Å². The van der Waals surface area contributed by atoms with E-state index < -0.39 is 10.0 Å². The monoisotopic (exact) mass is 296 g/mol. The van der Waals surface area contributed by atoms with Gasteiger partial charge in [0.25, 0.3) is 0 Å². The zero-order valence-corrected chi connectivity index (χ0v) is 11.9. The number of aromatic nitrogens is 1. The van der Waals surface area contributed by atoms with Gasteiger partial charge in [-0.25, -0.2) is 8.42 Å². The van der Waals surface area contributed by atoms with Gasteiger partial charge in [-0.2, -0.15) is 4.31 Å². The Hall–Kier alpha value is -1.43. The van der Waals surface area contributed by atoms with E-state index in [0.29, 0.717) is 10.7 Å². The molecule has 0 aliphatic heterocycles. The molecular formula is C13H13ClN2O2S. The van der Waals surface area contributed by atoms with Gasteiger partial charge in [0.15, 0.2) is 0 Å². The molecule has 0 saturated carbocycles. The fourth-order valence-electron chi connectivity index (χ4n) is 1.61. The van der Waals surface area contributed by atoms with Gasteiger partial charge in [-0.15, -0.1) is 0 Å². The third kappa shape index (κ3) is 3.32. The van der Waals surface area contributed by atoms with Gasteiger partial charge < -0.3 is 0 Å². The lowest BCUT2D eigenvalue weighted by molar-refractivity contribution is 0.462. The summed E-state index contributed by atoms with van der Waals surface area (Å²) >= 11 is 5.82. The molecule has 0 amide bonds. The van der Waals surface area contributed by atoms with Crippen molar-refractivity contribution in [3.05, 3.63) is 59.4 Å². The first kappa shape index (κ1) is 14.0. The molecule has 0 aliphatic carbocycles. The largest absolute Gasteiger partial charge is 0.260 e. The van der Waals surface area contributed by atoms with Crippen molar-refractivity contribution < 1.29 is 8.42 Å². The maximum atomic E-state index is 12.3. The summed E-state index contributed by atoms with van der Waals surface area (Å²) in [4.78, 5) is 4.29. The Morgan fingerprint density at radius 2 is 2.00 bits per heavy atom. The Morgan fingerprint density at radius 1 is 1.21 bits per heavy atom. The number of hydrogen-bond donors (Lipinski definition) is 0. The van der Waals surface area contributed by atoms with Crippen LogP contribution in [-0.4, -0.2) is 24.8 Å². The summed E-state index contributed by atoms with van der Waals surface area (Å²) in [5.74, 6) is 0. The molecule has 19 heavy (non-hydrogen) atoms. The van der Waals surface area contributed by atoms with Crippen LogP contribution >= 0.6 is 11.6 Å². The molecule has 1 heterocycles. The quantitative estimate of drug-likeness (QED) is 0.871. The lowest BCUT2D eigenvalue weighted by atomic mass is 10.3. The molecule has 0 radical (unpaired) electrons. The SMILES string of the molecule is CN(Cc1ccccn1)S(=O)(=O)c1cccc(Cl)c1. The molecule has 2 rings (SSSR count). The lowest BCUT2D eigenvalue weighted by Crippen LogP contribution is -2.26. The van der Waals surface area contributed by atoms with E-state index in [0.717, 1.165) is 0 Å². The molecular weight excluding hydrogens is 284 g/mol. The first-order valence-electron chi connectivity index (χ1n) is 5.62. The number of nitrogens with zero attached hydrogens (tertiary/aromatic N) is 2. The molecule has 4 nitrogen and oxygen atoms in total. The molecule has 0 unspecified atom stereocenters. The number of sulfonamides is 1. The van der Waals surface area contributed by atoms with E-state index in [2.05, 4.69) is 4.98 Å². The molecule has 1 aromatic carbocycles. The number of pyridine rings is 1. The number of hydrogen-bond acceptors (Lipinski definition) is 3. The third-order valence-corrected chi connectivity index (χ3v) is 4.65. The lowest BCUT2D eigenvalue weighted by Gasteiger charge is -2.16. The average Bonchev–Trinajstić information content (AvgIpc) is 2.40. The van der Waals surface area contributed by atoms with Crippen LogP contribution in [0.25, 0.3) is 0 Å². The highest BCUT2D eigenvalue weighted by atomic mass is 35.5. The van der Waals surface area contributed by atoms with Crippen molar-refractivity contribution in [3.63, 3.8) is 0 Å². The van der Waals surface area contributed by atoms with Crippen LogP contribution in [0.15, 0.2) is 53.6 Å². The van der Waals surface area contributed by atoms with Gasteiger partial charge in [0.05, 0.1) is 17.1 Å². The summed E-state index contributed by atoms with van der Waals surface area (Å²) in [5.41, 5.74) is 0.690. The third-order valence-electron chi connectivity index (χ3n) is 2.62. The van der Waals surface area contributed by atoms with Gasteiger partial charge in [0.1, 0.15) is 0 Å². The van der Waals surface area contributed by atoms with Crippen molar-refractivity contribution in [1.82, 2.24) is 9.29 Å². The van der Waals surface area contributed by atoms with E-state index in [-0.39, 0.29) is 11.4 Å². The Morgan fingerprint density at radius 3 is 2.63 bits per heavy atom. The van der Waals surface area contributed by atoms with E-state index in [1.54, 1.807) is 30.5 Å². The minimum Gasteiger partial charge on any atom is -0.260 e. The van der Waals surface area contributed by atoms with E-state index in [4.69, 9.17) is 11.6 Å². The van der Waals surface area contributed by atoms with Crippen LogP contribution in [0.1, 0.15) is 5.69 Å². The van der Waals surface area contributed by atoms with E-state index in [1.165, 1.54) is 23.5 Å². The molecule has 2 aromatic rings. The van der Waals surface area contributed by atoms with Crippen LogP contribution in [0.4, 0.5) is 0 Å². The zero-order chi connectivity index (χ0) is 13.9. The molecule has 0 spiro atoms. The molecule has 6 heteroatoms. The molecule has 0 atom stereocenters. The Labute approximate surface area is 117 Å². The standard InChI is InChI=1S/C13H13ClN2O2S/c1-16(10-12-6-2-3-8-15-12)19(17,18)13-7-4-5-11(14)9-13/h2-9H,10H2,1H3. The van der Waals surface area contributed by atoms with Crippen molar-refractivity contribution in [2.75, 3.05) is 7.05 Å². The molecule has 0 bridgehead atoms. The minimum absolute atomic E-state index is 0.179. The van der Waals surface area contributed by atoms with Crippen LogP contribution in [-0.2, 0) is 16.6 Å². The Bertz CT molecular complexity index is 659. The van der Waals surface area contributed by atoms with Crippen LogP contribution < -0.4 is 0 Å². The van der Waals surface area contributed by atoms with Gasteiger partial charge in [-0.1, -0.05) is 23.7 Å². The molecule has 0 fully saturated rings. The highest BCUT2D eigenvalue weighted by Crippen LogP contribution is 2.19. The van der Waals surface area contributed by atoms with E-state index in [9.17, 15) is 8.42 Å². The summed E-state index contributed by atoms with van der Waals surface area (Å²) in [5, 5.41) is 0.396. The molecule has 0 saturated heterocycles. The van der Waals surface area contributed by atoms with Crippen LogP contribution in [0, 0.1) is 0 Å². The normalized spacial score (nSPS) is 11.7. The summed E-state index contributed by atoms with van der Waals surface area (Å²) in [6.45, 7) is 0.218. The van der Waals surface area contributed by atoms with Gasteiger partial charge in [-0.05, 0) is 30.3 Å². The van der Waals surface area contributed by atoms with Gasteiger partial charge in [-0.3, -0.25) is 4.98 Å². The maximum absolute atomic E-state index is 12.3. The number of halogens is 1. The van der Waals surface area contributed by atoms with Crippen molar-refractivity contribution in [1.29, 1.82) is 0 Å². The first-order chi connectivity index (χ1) is 9.00. The molecule has 0 aliphatic rings. The zero-order valence-electron chi connectivity index (χ0n) is 10.3. The van der Waals surface area contributed by atoms with Crippen molar-refractivity contribution in [2.24, 2.45) is 0 Å². The first-order valence-corrected chi connectivity index (χ1v) is 7.44. The smallest absolute Gasteiger partial charge is 0.243 e. The van der Waals surface area contributed by atoms with Crippen molar-refractivity contribution in [2.45, 2.75) is 11.4 Å². The van der Waals surface area contributed by atoms with Crippen molar-refractivity contribution >= 4 is 21.6 Å². The summed E-state index contributed by atoms with van der Waals surface area (Å²) in [6, 6.07) is 11.6.